The molecule has 0 aromatic carbocycles. The van der Waals surface area contributed by atoms with Crippen molar-refractivity contribution >= 4 is 22.0 Å². The van der Waals surface area contributed by atoms with Gasteiger partial charge in [-0.2, -0.15) is 5.26 Å². The zero-order valence-corrected chi connectivity index (χ0v) is 12.7. The van der Waals surface area contributed by atoms with E-state index in [4.69, 9.17) is 15.7 Å². The Morgan fingerprint density at radius 3 is 2.58 bits per heavy atom. The smallest absolute Gasteiger partial charge is 0.178 e. The van der Waals surface area contributed by atoms with E-state index in [-0.39, 0.29) is 11.6 Å². The number of hydrogen-bond donors (Lipinski definition) is 2. The first kappa shape index (κ1) is 14.0. The van der Waals surface area contributed by atoms with Crippen molar-refractivity contribution in [1.29, 1.82) is 5.26 Å². The normalized spacial score (nSPS) is 15.4. The van der Waals surface area contributed by atoms with Crippen LogP contribution in [0.25, 0.3) is 0 Å². The second kappa shape index (κ2) is 4.93. The van der Waals surface area contributed by atoms with Crippen molar-refractivity contribution in [3.63, 3.8) is 0 Å². The number of thiophene rings is 1. The molecule has 0 amide bonds. The molecule has 5 heteroatoms. The Hall–Kier alpha value is -1.41. The SMILES string of the molecule is CC(C)Oc1c(NC(C)(C)C2CC2)sc(C#N)c1N. The molecule has 1 fully saturated rings. The molecule has 1 aromatic heterocycles. The fourth-order valence-corrected chi connectivity index (χ4v) is 3.16. The van der Waals surface area contributed by atoms with Gasteiger partial charge in [-0.15, -0.1) is 11.3 Å². The Balaban J connectivity index is 2.30. The fourth-order valence-electron chi connectivity index (χ4n) is 2.15. The number of ether oxygens (including phenoxy) is 1. The third kappa shape index (κ3) is 2.95. The van der Waals surface area contributed by atoms with Crippen LogP contribution in [0.4, 0.5) is 10.7 Å². The largest absolute Gasteiger partial charge is 0.486 e. The highest BCUT2D eigenvalue weighted by molar-refractivity contribution is 7.17. The Morgan fingerprint density at radius 2 is 2.11 bits per heavy atom. The minimum absolute atomic E-state index is 0.0130. The van der Waals surface area contributed by atoms with Gasteiger partial charge in [0, 0.05) is 5.54 Å². The summed E-state index contributed by atoms with van der Waals surface area (Å²) in [5.41, 5.74) is 6.46. The maximum atomic E-state index is 9.11. The van der Waals surface area contributed by atoms with E-state index in [1.807, 2.05) is 13.8 Å². The second-order valence-electron chi connectivity index (χ2n) is 5.90. The topological polar surface area (TPSA) is 71.1 Å². The van der Waals surface area contributed by atoms with Gasteiger partial charge in [-0.3, -0.25) is 0 Å². The predicted molar refractivity (Wildman–Crippen MR) is 79.6 cm³/mol. The first-order valence-corrected chi connectivity index (χ1v) is 7.44. The summed E-state index contributed by atoms with van der Waals surface area (Å²) in [5, 5.41) is 13.5. The molecule has 2 rings (SSSR count). The summed E-state index contributed by atoms with van der Waals surface area (Å²) in [6.45, 7) is 8.29. The van der Waals surface area contributed by atoms with E-state index in [9.17, 15) is 0 Å². The molecule has 0 saturated heterocycles. The molecule has 1 aliphatic rings. The van der Waals surface area contributed by atoms with Crippen molar-refractivity contribution < 1.29 is 4.74 Å². The highest BCUT2D eigenvalue weighted by Crippen LogP contribution is 2.47. The molecule has 1 saturated carbocycles. The van der Waals surface area contributed by atoms with Crippen molar-refractivity contribution in [3.8, 4) is 11.8 Å². The van der Waals surface area contributed by atoms with E-state index in [0.29, 0.717) is 22.2 Å². The third-order valence-corrected chi connectivity index (χ3v) is 4.40. The Labute approximate surface area is 118 Å². The number of nitriles is 1. The van der Waals surface area contributed by atoms with Crippen LogP contribution in [0.3, 0.4) is 0 Å². The molecule has 104 valence electrons. The van der Waals surface area contributed by atoms with Crippen LogP contribution in [0, 0.1) is 17.2 Å². The zero-order chi connectivity index (χ0) is 14.2. The van der Waals surface area contributed by atoms with Gasteiger partial charge in [0.1, 0.15) is 21.6 Å². The summed E-state index contributed by atoms with van der Waals surface area (Å²) in [4.78, 5) is 0.518. The van der Waals surface area contributed by atoms with Crippen LogP contribution >= 0.6 is 11.3 Å². The van der Waals surface area contributed by atoms with E-state index in [1.54, 1.807) is 0 Å². The molecule has 0 unspecified atom stereocenters. The lowest BCUT2D eigenvalue weighted by atomic mass is 9.99. The number of nitrogens with two attached hydrogens (primary N) is 1. The van der Waals surface area contributed by atoms with Gasteiger partial charge in [-0.05, 0) is 46.5 Å². The Kier molecular flexibility index (Phi) is 3.64. The van der Waals surface area contributed by atoms with Gasteiger partial charge < -0.3 is 15.8 Å². The minimum Gasteiger partial charge on any atom is -0.486 e. The van der Waals surface area contributed by atoms with Crippen molar-refractivity contribution in [2.24, 2.45) is 5.92 Å². The first-order valence-electron chi connectivity index (χ1n) is 6.62. The maximum absolute atomic E-state index is 9.11. The molecular formula is C14H21N3OS. The Morgan fingerprint density at radius 1 is 1.47 bits per heavy atom. The van der Waals surface area contributed by atoms with Gasteiger partial charge in [0.15, 0.2) is 5.75 Å². The van der Waals surface area contributed by atoms with Crippen molar-refractivity contribution in [2.45, 2.75) is 52.2 Å². The summed E-state index contributed by atoms with van der Waals surface area (Å²) in [5.74, 6) is 1.32. The van der Waals surface area contributed by atoms with Crippen LogP contribution < -0.4 is 15.8 Å². The van der Waals surface area contributed by atoms with E-state index >= 15 is 0 Å². The lowest BCUT2D eigenvalue weighted by molar-refractivity contribution is 0.245. The van der Waals surface area contributed by atoms with Crippen LogP contribution in [0.2, 0.25) is 0 Å². The van der Waals surface area contributed by atoms with Gasteiger partial charge >= 0.3 is 0 Å². The first-order chi connectivity index (χ1) is 8.85. The number of nitrogens with one attached hydrogen (secondary N) is 1. The molecule has 0 spiro atoms. The van der Waals surface area contributed by atoms with E-state index in [1.165, 1.54) is 24.2 Å². The average Bonchev–Trinajstić information content (AvgIpc) is 3.11. The van der Waals surface area contributed by atoms with Crippen molar-refractivity contribution in [3.05, 3.63) is 4.88 Å². The summed E-state index contributed by atoms with van der Waals surface area (Å²) in [7, 11) is 0. The summed E-state index contributed by atoms with van der Waals surface area (Å²) >= 11 is 1.38. The molecule has 0 atom stereocenters. The highest BCUT2D eigenvalue weighted by Gasteiger charge is 2.38. The molecule has 1 heterocycles. The number of anilines is 2. The number of rotatable bonds is 5. The lowest BCUT2D eigenvalue weighted by Crippen LogP contribution is -2.33. The molecular weight excluding hydrogens is 258 g/mol. The molecule has 3 N–H and O–H groups in total. The van der Waals surface area contributed by atoms with Crippen molar-refractivity contribution in [1.82, 2.24) is 0 Å². The molecule has 4 nitrogen and oxygen atoms in total. The zero-order valence-electron chi connectivity index (χ0n) is 11.9. The van der Waals surface area contributed by atoms with E-state index in [0.717, 1.165) is 5.00 Å². The molecule has 0 radical (unpaired) electrons. The number of nitrogen functional groups attached to an aromatic ring is 1. The number of hydrogen-bond acceptors (Lipinski definition) is 5. The standard InChI is InChI=1S/C14H21N3OS/c1-8(2)18-12-11(16)10(7-15)19-13(12)17-14(3,4)9-5-6-9/h8-9,17H,5-6,16H2,1-4H3. The van der Waals surface area contributed by atoms with Gasteiger partial charge in [-0.1, -0.05) is 0 Å². The number of nitrogens with zero attached hydrogens (tertiary/aromatic N) is 1. The monoisotopic (exact) mass is 279 g/mol. The Bertz CT molecular complexity index is 509. The highest BCUT2D eigenvalue weighted by atomic mass is 32.1. The lowest BCUT2D eigenvalue weighted by Gasteiger charge is -2.27. The molecule has 0 aliphatic heterocycles. The van der Waals surface area contributed by atoms with Crippen LogP contribution in [-0.2, 0) is 0 Å². The van der Waals surface area contributed by atoms with Crippen molar-refractivity contribution in [2.75, 3.05) is 11.1 Å². The minimum atomic E-state index is 0.0130. The van der Waals surface area contributed by atoms with Gasteiger partial charge in [-0.25, -0.2) is 0 Å². The van der Waals surface area contributed by atoms with Crippen LogP contribution in [0.15, 0.2) is 0 Å². The van der Waals surface area contributed by atoms with E-state index in [2.05, 4.69) is 25.2 Å². The quantitative estimate of drug-likeness (QED) is 0.864. The van der Waals surface area contributed by atoms with Crippen LogP contribution in [-0.4, -0.2) is 11.6 Å². The summed E-state index contributed by atoms with van der Waals surface area (Å²) in [6.07, 6.45) is 2.55. The predicted octanol–water partition coefficient (Wildman–Crippen LogP) is 3.59. The second-order valence-corrected chi connectivity index (χ2v) is 6.92. The summed E-state index contributed by atoms with van der Waals surface area (Å²) < 4.78 is 5.78. The maximum Gasteiger partial charge on any atom is 0.178 e. The average molecular weight is 279 g/mol. The third-order valence-electron chi connectivity index (χ3n) is 3.39. The van der Waals surface area contributed by atoms with Gasteiger partial charge in [0.05, 0.1) is 6.10 Å². The van der Waals surface area contributed by atoms with E-state index < -0.39 is 0 Å². The molecule has 0 bridgehead atoms. The molecule has 1 aromatic rings. The van der Waals surface area contributed by atoms with Crippen LogP contribution in [0.1, 0.15) is 45.4 Å². The van der Waals surface area contributed by atoms with Crippen LogP contribution in [0.5, 0.6) is 5.75 Å². The molecule has 1 aliphatic carbocycles. The van der Waals surface area contributed by atoms with Gasteiger partial charge in [0.25, 0.3) is 0 Å². The summed E-state index contributed by atoms with van der Waals surface area (Å²) in [6, 6.07) is 2.13. The molecule has 19 heavy (non-hydrogen) atoms. The fraction of sp³-hybridized carbons (Fsp3) is 0.643. The van der Waals surface area contributed by atoms with Gasteiger partial charge in [0.2, 0.25) is 0 Å².